The van der Waals surface area contributed by atoms with Crippen molar-refractivity contribution in [2.24, 2.45) is 4.99 Å². The maximum Gasteiger partial charge on any atom is 0.409 e. The molecule has 1 saturated heterocycles. The van der Waals surface area contributed by atoms with Crippen molar-refractivity contribution in [1.82, 2.24) is 20.4 Å². The first kappa shape index (κ1) is 26.5. The number of nitrogens with one attached hydrogen (secondary N) is 2. The molecule has 2 heterocycles. The fourth-order valence-corrected chi connectivity index (χ4v) is 3.83. The molecular formula is C20H34IN5O3S. The summed E-state index contributed by atoms with van der Waals surface area (Å²) in [5, 5.41) is 6.77. The summed E-state index contributed by atoms with van der Waals surface area (Å²) in [5.41, 5.74) is 0. The van der Waals surface area contributed by atoms with Crippen LogP contribution < -0.4 is 10.6 Å². The summed E-state index contributed by atoms with van der Waals surface area (Å²) in [4.78, 5) is 34.1. The van der Waals surface area contributed by atoms with E-state index in [4.69, 9.17) is 4.74 Å². The zero-order valence-electron chi connectivity index (χ0n) is 18.3. The molecule has 2 amide bonds. The summed E-state index contributed by atoms with van der Waals surface area (Å²) >= 11 is 1.78. The molecule has 0 bridgehead atoms. The number of nitrogens with zero attached hydrogens (tertiary/aromatic N) is 3. The number of thiophene rings is 1. The van der Waals surface area contributed by atoms with Crippen molar-refractivity contribution in [3.8, 4) is 0 Å². The smallest absolute Gasteiger partial charge is 0.409 e. The van der Waals surface area contributed by atoms with Gasteiger partial charge in [0.2, 0.25) is 5.91 Å². The molecule has 1 aliphatic rings. The molecule has 0 aromatic carbocycles. The molecule has 1 aromatic rings. The van der Waals surface area contributed by atoms with Gasteiger partial charge in [0.15, 0.2) is 5.96 Å². The van der Waals surface area contributed by atoms with Crippen LogP contribution in [0.15, 0.2) is 17.1 Å². The molecule has 2 rings (SSSR count). The second-order valence-corrected chi connectivity index (χ2v) is 8.39. The number of aryl methyl sites for hydroxylation is 1. The van der Waals surface area contributed by atoms with E-state index in [0.717, 1.165) is 19.3 Å². The predicted molar refractivity (Wildman–Crippen MR) is 132 cm³/mol. The molecule has 1 aliphatic heterocycles. The summed E-state index contributed by atoms with van der Waals surface area (Å²) in [6.45, 7) is 6.39. The highest BCUT2D eigenvalue weighted by atomic mass is 127. The molecule has 0 saturated carbocycles. The van der Waals surface area contributed by atoms with Crippen LogP contribution in [0.5, 0.6) is 0 Å². The third kappa shape index (κ3) is 8.66. The Kier molecular flexibility index (Phi) is 12.1. The Morgan fingerprint density at radius 2 is 1.90 bits per heavy atom. The summed E-state index contributed by atoms with van der Waals surface area (Å²) in [7, 11) is 3.45. The highest BCUT2D eigenvalue weighted by Gasteiger charge is 2.24. The summed E-state index contributed by atoms with van der Waals surface area (Å²) in [5.74, 6) is 0.578. The lowest BCUT2D eigenvalue weighted by Gasteiger charge is -2.32. The van der Waals surface area contributed by atoms with E-state index in [0.29, 0.717) is 32.2 Å². The minimum atomic E-state index is -0.251. The molecule has 2 N–H and O–H groups in total. The van der Waals surface area contributed by atoms with Gasteiger partial charge in [0.1, 0.15) is 6.54 Å². The molecule has 0 spiro atoms. The van der Waals surface area contributed by atoms with Gasteiger partial charge in [0.25, 0.3) is 0 Å². The normalized spacial score (nSPS) is 14.7. The third-order valence-corrected chi connectivity index (χ3v) is 5.96. The Balaban J connectivity index is 0.00000450. The number of ether oxygens (including phenoxy) is 1. The maximum absolute atomic E-state index is 11.9. The van der Waals surface area contributed by atoms with Gasteiger partial charge < -0.3 is 25.2 Å². The van der Waals surface area contributed by atoms with E-state index < -0.39 is 0 Å². The molecule has 0 radical (unpaired) electrons. The SMILES string of the molecule is CCOC(=O)N1CCC(NC(=NCC(=O)N(C)C)NCc2ccc(CC)s2)CC1.I. The topological polar surface area (TPSA) is 86.3 Å². The second-order valence-electron chi connectivity index (χ2n) is 7.13. The highest BCUT2D eigenvalue weighted by Crippen LogP contribution is 2.16. The van der Waals surface area contributed by atoms with Crippen molar-refractivity contribution < 1.29 is 14.3 Å². The number of rotatable bonds is 7. The van der Waals surface area contributed by atoms with Gasteiger partial charge >= 0.3 is 6.09 Å². The van der Waals surface area contributed by atoms with Gasteiger partial charge in [-0.2, -0.15) is 0 Å². The second kappa shape index (κ2) is 13.7. The van der Waals surface area contributed by atoms with Crippen LogP contribution in [0.1, 0.15) is 36.4 Å². The van der Waals surface area contributed by atoms with Crippen molar-refractivity contribution in [3.63, 3.8) is 0 Å². The van der Waals surface area contributed by atoms with Gasteiger partial charge in [0.05, 0.1) is 13.2 Å². The number of hydrogen-bond donors (Lipinski definition) is 2. The Labute approximate surface area is 200 Å². The van der Waals surface area contributed by atoms with Crippen LogP contribution in [0.2, 0.25) is 0 Å². The van der Waals surface area contributed by atoms with Crippen LogP contribution in [-0.2, 0) is 22.5 Å². The Morgan fingerprint density at radius 3 is 2.47 bits per heavy atom. The van der Waals surface area contributed by atoms with E-state index in [9.17, 15) is 9.59 Å². The molecule has 10 heteroatoms. The summed E-state index contributed by atoms with van der Waals surface area (Å²) in [6.07, 6.45) is 2.39. The Morgan fingerprint density at radius 1 is 1.23 bits per heavy atom. The number of carbonyl (C=O) groups excluding carboxylic acids is 2. The first-order valence-electron chi connectivity index (χ1n) is 10.2. The number of likely N-dealkylation sites (tertiary alicyclic amines) is 1. The number of halogens is 1. The third-order valence-electron chi connectivity index (χ3n) is 4.73. The first-order valence-corrected chi connectivity index (χ1v) is 11.0. The van der Waals surface area contributed by atoms with E-state index in [1.165, 1.54) is 14.7 Å². The summed E-state index contributed by atoms with van der Waals surface area (Å²) < 4.78 is 5.07. The van der Waals surface area contributed by atoms with Crippen LogP contribution in [0.25, 0.3) is 0 Å². The molecule has 0 aliphatic carbocycles. The van der Waals surface area contributed by atoms with E-state index in [-0.39, 0.29) is 48.6 Å². The first-order chi connectivity index (χ1) is 13.9. The Bertz CT molecular complexity index is 702. The van der Waals surface area contributed by atoms with Crippen molar-refractivity contribution in [2.45, 2.75) is 45.7 Å². The number of hydrogen-bond acceptors (Lipinski definition) is 5. The lowest BCUT2D eigenvalue weighted by Crippen LogP contribution is -2.50. The van der Waals surface area contributed by atoms with E-state index in [1.807, 2.05) is 6.92 Å². The minimum absolute atomic E-state index is 0. The zero-order valence-corrected chi connectivity index (χ0v) is 21.4. The van der Waals surface area contributed by atoms with Gasteiger partial charge in [-0.1, -0.05) is 6.92 Å². The van der Waals surface area contributed by atoms with Crippen molar-refractivity contribution >= 4 is 53.3 Å². The monoisotopic (exact) mass is 551 g/mol. The molecule has 170 valence electrons. The van der Waals surface area contributed by atoms with Gasteiger partial charge in [0, 0.05) is 43.0 Å². The average molecular weight is 551 g/mol. The standard InChI is InChI=1S/C20H33N5O3S.HI/c1-5-16-7-8-17(29-16)13-21-19(22-14-18(26)24(3)4)23-15-9-11-25(12-10-15)20(27)28-6-2;/h7-8,15H,5-6,9-14H2,1-4H3,(H2,21,22,23);1H. The fourth-order valence-electron chi connectivity index (χ4n) is 2.93. The van der Waals surface area contributed by atoms with Gasteiger partial charge in [-0.25, -0.2) is 9.79 Å². The quantitative estimate of drug-likeness (QED) is 0.309. The van der Waals surface area contributed by atoms with E-state index >= 15 is 0 Å². The molecular weight excluding hydrogens is 517 g/mol. The fraction of sp³-hybridized carbons (Fsp3) is 0.650. The molecule has 1 aromatic heterocycles. The number of likely N-dealkylation sites (N-methyl/N-ethyl adjacent to an activating group) is 1. The van der Waals surface area contributed by atoms with Crippen LogP contribution in [0, 0.1) is 0 Å². The molecule has 30 heavy (non-hydrogen) atoms. The number of amides is 2. The highest BCUT2D eigenvalue weighted by molar-refractivity contribution is 14.0. The number of piperidine rings is 1. The molecule has 1 fully saturated rings. The van der Waals surface area contributed by atoms with Crippen LogP contribution in [-0.4, -0.2) is 74.1 Å². The van der Waals surface area contributed by atoms with Gasteiger partial charge in [-0.3, -0.25) is 4.79 Å². The molecule has 0 atom stereocenters. The predicted octanol–water partition coefficient (Wildman–Crippen LogP) is 2.67. The number of aliphatic imine (C=N–C) groups is 1. The van der Waals surface area contributed by atoms with E-state index in [1.54, 1.807) is 30.3 Å². The number of carbonyl (C=O) groups is 2. The van der Waals surface area contributed by atoms with Crippen LogP contribution >= 0.6 is 35.3 Å². The lowest BCUT2D eigenvalue weighted by atomic mass is 10.1. The summed E-state index contributed by atoms with van der Waals surface area (Å²) in [6, 6.07) is 4.46. The van der Waals surface area contributed by atoms with E-state index in [2.05, 4.69) is 34.7 Å². The Hall–Kier alpha value is -1.56. The van der Waals surface area contributed by atoms with Crippen molar-refractivity contribution in [1.29, 1.82) is 0 Å². The molecule has 0 unspecified atom stereocenters. The van der Waals surface area contributed by atoms with Crippen molar-refractivity contribution in [2.75, 3.05) is 40.3 Å². The van der Waals surface area contributed by atoms with Crippen molar-refractivity contribution in [3.05, 3.63) is 21.9 Å². The molecule has 8 nitrogen and oxygen atoms in total. The average Bonchev–Trinajstić information content (AvgIpc) is 3.18. The largest absolute Gasteiger partial charge is 0.450 e. The lowest BCUT2D eigenvalue weighted by molar-refractivity contribution is -0.127. The van der Waals surface area contributed by atoms with Gasteiger partial charge in [-0.15, -0.1) is 35.3 Å². The van der Waals surface area contributed by atoms with Crippen LogP contribution in [0.4, 0.5) is 4.79 Å². The van der Waals surface area contributed by atoms with Gasteiger partial charge in [-0.05, 0) is 38.3 Å². The zero-order chi connectivity index (χ0) is 21.2. The van der Waals surface area contributed by atoms with Crippen LogP contribution in [0.3, 0.4) is 0 Å². The number of guanidine groups is 1. The minimum Gasteiger partial charge on any atom is -0.450 e. The maximum atomic E-state index is 11.9.